The lowest BCUT2D eigenvalue weighted by Crippen LogP contribution is -2.35. The van der Waals surface area contributed by atoms with Crippen LogP contribution in [0.2, 0.25) is 0 Å². The van der Waals surface area contributed by atoms with Gasteiger partial charge in [0.1, 0.15) is 11.0 Å². The molecule has 0 saturated heterocycles. The monoisotopic (exact) mass is 648 g/mol. The molecule has 2 aromatic rings. The molecule has 0 amide bonds. The molecule has 2 rings (SSSR count). The molecule has 0 aromatic heterocycles. The highest BCUT2D eigenvalue weighted by Crippen LogP contribution is 2.23. The first-order chi connectivity index (χ1) is 15.4. The molecule has 2 aromatic carbocycles. The molecule has 0 aliphatic carbocycles. The lowest BCUT2D eigenvalue weighted by Gasteiger charge is -2.23. The summed E-state index contributed by atoms with van der Waals surface area (Å²) in [5.74, 6) is 0. The minimum Gasteiger partial charge on any atom is -0.242 e. The van der Waals surface area contributed by atoms with Crippen molar-refractivity contribution in [2.45, 2.75) is 92.2 Å². The zero-order valence-electron chi connectivity index (χ0n) is 21.9. The highest BCUT2D eigenvalue weighted by atomic mass is 79.9. The second kappa shape index (κ2) is 14.3. The van der Waals surface area contributed by atoms with Gasteiger partial charge in [0.25, 0.3) is 0 Å². The van der Waals surface area contributed by atoms with Crippen LogP contribution in [0.15, 0.2) is 49.7 Å². The molecule has 0 unspecified atom stereocenters. The SMILES string of the molecule is C.CC(=N[S@](=O)C(C)(C)C)c1ccc(Br)cc1C.Cc1cc(Br)ccc1[C@@H](C)N[S@](=O)C(C)(C)C. The first kappa shape index (κ1) is 34.3. The van der Waals surface area contributed by atoms with Crippen molar-refractivity contribution in [2.24, 2.45) is 4.40 Å². The van der Waals surface area contributed by atoms with Crippen LogP contribution in [0.3, 0.4) is 0 Å². The van der Waals surface area contributed by atoms with Gasteiger partial charge in [-0.25, -0.2) is 13.1 Å². The molecule has 0 aliphatic heterocycles. The van der Waals surface area contributed by atoms with E-state index < -0.39 is 22.0 Å². The third-order valence-electron chi connectivity index (χ3n) is 4.86. The minimum atomic E-state index is -1.21. The Morgan fingerprint density at radius 1 is 0.886 bits per heavy atom. The Labute approximate surface area is 235 Å². The maximum atomic E-state index is 12.0. The average molecular weight is 651 g/mol. The van der Waals surface area contributed by atoms with Crippen LogP contribution < -0.4 is 4.72 Å². The molecule has 4 nitrogen and oxygen atoms in total. The summed E-state index contributed by atoms with van der Waals surface area (Å²) in [6, 6.07) is 12.3. The molecule has 1 N–H and O–H groups in total. The van der Waals surface area contributed by atoms with Gasteiger partial charge < -0.3 is 0 Å². The number of aryl methyl sites for hydroxylation is 2. The molecule has 35 heavy (non-hydrogen) atoms. The van der Waals surface area contributed by atoms with E-state index in [0.29, 0.717) is 0 Å². The second-order valence-electron chi connectivity index (χ2n) is 10.2. The number of hydrogen-bond acceptors (Lipinski definition) is 2. The van der Waals surface area contributed by atoms with Crippen LogP contribution in [0, 0.1) is 13.8 Å². The van der Waals surface area contributed by atoms with Crippen molar-refractivity contribution >= 4 is 59.5 Å². The van der Waals surface area contributed by atoms with Crippen LogP contribution in [-0.2, 0) is 22.0 Å². The summed E-state index contributed by atoms with van der Waals surface area (Å²) in [5, 5.41) is 0. The normalized spacial score (nSPS) is 14.8. The van der Waals surface area contributed by atoms with Crippen molar-refractivity contribution in [3.8, 4) is 0 Å². The highest BCUT2D eigenvalue weighted by Gasteiger charge is 2.22. The Hall–Kier alpha value is -0.670. The predicted octanol–water partition coefficient (Wildman–Crippen LogP) is 8.54. The second-order valence-corrected chi connectivity index (χ2v) is 16.0. The van der Waals surface area contributed by atoms with Crippen LogP contribution in [0.25, 0.3) is 0 Å². The Kier molecular flexibility index (Phi) is 14.0. The molecule has 8 heteroatoms. The topological polar surface area (TPSA) is 58.5 Å². The van der Waals surface area contributed by atoms with E-state index in [4.69, 9.17) is 0 Å². The molecule has 0 heterocycles. The minimum absolute atomic E-state index is 0. The van der Waals surface area contributed by atoms with Gasteiger partial charge in [-0.15, -0.1) is 0 Å². The molecule has 3 atom stereocenters. The maximum Gasteiger partial charge on any atom is 0.145 e. The standard InChI is InChI=1S/C13H20BrNOS.C13H18BrNOS.CH4/c2*1-9-8-11(14)6-7-12(9)10(2)15-17(16)13(3,4)5;/h6-8,10,15H,1-5H3;6-8H,1-5H3;1H4/t10-,17-;17-;/m11./s1. The molecule has 198 valence electrons. The molecule has 0 bridgehead atoms. The van der Waals surface area contributed by atoms with Crippen LogP contribution in [0.1, 0.15) is 91.1 Å². The number of halogens is 2. The summed E-state index contributed by atoms with van der Waals surface area (Å²) in [6.45, 7) is 19.7. The molecule has 0 aliphatic rings. The molecular weight excluding hydrogens is 608 g/mol. The van der Waals surface area contributed by atoms with E-state index in [1.807, 2.05) is 86.6 Å². The van der Waals surface area contributed by atoms with E-state index in [2.05, 4.69) is 60.0 Å². The molecular formula is C27H42Br2N2O2S2. The average Bonchev–Trinajstić information content (AvgIpc) is 2.66. The number of benzene rings is 2. The summed E-state index contributed by atoms with van der Waals surface area (Å²) >= 11 is 6.88. The molecule has 0 fully saturated rings. The van der Waals surface area contributed by atoms with Crippen LogP contribution in [0.5, 0.6) is 0 Å². The van der Waals surface area contributed by atoms with Crippen LogP contribution in [0.4, 0.5) is 0 Å². The van der Waals surface area contributed by atoms with E-state index in [-0.39, 0.29) is 23.0 Å². The fourth-order valence-corrected chi connectivity index (χ4v) is 5.24. The van der Waals surface area contributed by atoms with Crippen LogP contribution >= 0.6 is 31.9 Å². The van der Waals surface area contributed by atoms with Crippen molar-refractivity contribution in [3.63, 3.8) is 0 Å². The fraction of sp³-hybridized carbons (Fsp3) is 0.519. The predicted molar refractivity (Wildman–Crippen MR) is 164 cm³/mol. The number of nitrogens with zero attached hydrogens (tertiary/aromatic N) is 1. The van der Waals surface area contributed by atoms with Crippen LogP contribution in [-0.4, -0.2) is 23.6 Å². The van der Waals surface area contributed by atoms with E-state index in [1.54, 1.807) is 0 Å². The van der Waals surface area contributed by atoms with E-state index in [0.717, 1.165) is 25.8 Å². The highest BCUT2D eigenvalue weighted by molar-refractivity contribution is 9.10. The first-order valence-electron chi connectivity index (χ1n) is 11.1. The Morgan fingerprint density at radius 3 is 1.80 bits per heavy atom. The van der Waals surface area contributed by atoms with Crippen molar-refractivity contribution < 1.29 is 8.42 Å². The summed E-state index contributed by atoms with van der Waals surface area (Å²) in [4.78, 5) is 0. The lowest BCUT2D eigenvalue weighted by molar-refractivity contribution is 0.615. The van der Waals surface area contributed by atoms with Crippen molar-refractivity contribution in [3.05, 3.63) is 67.6 Å². The largest absolute Gasteiger partial charge is 0.242 e. The van der Waals surface area contributed by atoms with Gasteiger partial charge in [-0.3, -0.25) is 0 Å². The lowest BCUT2D eigenvalue weighted by atomic mass is 10.0. The van der Waals surface area contributed by atoms with E-state index in [1.165, 1.54) is 11.1 Å². The Bertz CT molecular complexity index is 1070. The number of nitrogens with one attached hydrogen (secondary N) is 1. The van der Waals surface area contributed by atoms with Crippen molar-refractivity contribution in [2.75, 3.05) is 0 Å². The van der Waals surface area contributed by atoms with Gasteiger partial charge in [-0.1, -0.05) is 51.4 Å². The third-order valence-corrected chi connectivity index (χ3v) is 9.01. The van der Waals surface area contributed by atoms with Crippen molar-refractivity contribution in [1.82, 2.24) is 4.72 Å². The van der Waals surface area contributed by atoms with E-state index in [9.17, 15) is 8.42 Å². The van der Waals surface area contributed by atoms with Gasteiger partial charge in [-0.2, -0.15) is 4.40 Å². The molecule has 0 spiro atoms. The third kappa shape index (κ3) is 11.5. The maximum absolute atomic E-state index is 12.0. The zero-order valence-corrected chi connectivity index (χ0v) is 26.7. The smallest absolute Gasteiger partial charge is 0.145 e. The molecule has 0 saturated carbocycles. The number of hydrogen-bond donors (Lipinski definition) is 1. The van der Waals surface area contributed by atoms with Gasteiger partial charge >= 0.3 is 0 Å². The number of rotatable bonds is 5. The fourth-order valence-electron chi connectivity index (χ4n) is 2.87. The quantitative estimate of drug-likeness (QED) is 0.330. The van der Waals surface area contributed by atoms with Gasteiger partial charge in [0.15, 0.2) is 0 Å². The van der Waals surface area contributed by atoms with Gasteiger partial charge in [0, 0.05) is 15.0 Å². The summed E-state index contributed by atoms with van der Waals surface area (Å²) in [5.41, 5.74) is 5.39. The van der Waals surface area contributed by atoms with Gasteiger partial charge in [0.05, 0.1) is 26.2 Å². The summed E-state index contributed by atoms with van der Waals surface area (Å²) < 4.78 is 33.0. The first-order valence-corrected chi connectivity index (χ1v) is 15.0. The van der Waals surface area contributed by atoms with E-state index >= 15 is 0 Å². The summed E-state index contributed by atoms with van der Waals surface area (Å²) in [7, 11) is -2.25. The Morgan fingerprint density at radius 2 is 1.37 bits per heavy atom. The summed E-state index contributed by atoms with van der Waals surface area (Å²) in [6.07, 6.45) is 0. The van der Waals surface area contributed by atoms with Crippen molar-refractivity contribution in [1.29, 1.82) is 0 Å². The Balaban J connectivity index is 0.000000642. The zero-order chi connectivity index (χ0) is 26.4. The van der Waals surface area contributed by atoms with Gasteiger partial charge in [0.2, 0.25) is 0 Å². The van der Waals surface area contributed by atoms with Gasteiger partial charge in [-0.05, 0) is 116 Å². The molecule has 0 radical (unpaired) electrons.